The number of hydrogen-bond donors (Lipinski definition) is 2. The Hall–Kier alpha value is -2.87. The molecule has 2 aromatic rings. The third-order valence-corrected chi connectivity index (χ3v) is 4.01. The number of para-hydroxylation sites is 1. The molecule has 0 radical (unpaired) electrons. The van der Waals surface area contributed by atoms with E-state index in [4.69, 9.17) is 10.5 Å². The van der Waals surface area contributed by atoms with Crippen molar-refractivity contribution in [1.29, 1.82) is 0 Å². The first-order chi connectivity index (χ1) is 12.4. The quantitative estimate of drug-likeness (QED) is 0.675. The molecule has 1 heterocycles. The molecule has 2 rings (SSSR count). The maximum atomic E-state index is 12.6. The molecule has 1 aromatic heterocycles. The molecule has 26 heavy (non-hydrogen) atoms. The number of aromatic nitrogens is 2. The van der Waals surface area contributed by atoms with Crippen LogP contribution in [0.1, 0.15) is 29.3 Å². The van der Waals surface area contributed by atoms with Crippen LogP contribution in [0.25, 0.3) is 0 Å². The summed E-state index contributed by atoms with van der Waals surface area (Å²) < 4.78 is 6.52. The van der Waals surface area contributed by atoms with Crippen molar-refractivity contribution < 1.29 is 9.53 Å². The van der Waals surface area contributed by atoms with Gasteiger partial charge in [0.1, 0.15) is 17.1 Å². The summed E-state index contributed by atoms with van der Waals surface area (Å²) in [6, 6.07) is 7.50. The van der Waals surface area contributed by atoms with E-state index in [1.807, 2.05) is 31.2 Å². The molecule has 0 spiro atoms. The van der Waals surface area contributed by atoms with E-state index in [2.05, 4.69) is 4.98 Å². The Labute approximate surface area is 151 Å². The maximum absolute atomic E-state index is 12.6. The van der Waals surface area contributed by atoms with E-state index in [9.17, 15) is 14.4 Å². The summed E-state index contributed by atoms with van der Waals surface area (Å²) in [4.78, 5) is 40.5. The highest BCUT2D eigenvalue weighted by atomic mass is 16.5. The lowest BCUT2D eigenvalue weighted by Gasteiger charge is -2.18. The van der Waals surface area contributed by atoms with Crippen molar-refractivity contribution in [3.8, 4) is 5.75 Å². The second kappa shape index (κ2) is 8.48. The molecule has 3 N–H and O–H groups in total. The van der Waals surface area contributed by atoms with E-state index in [-0.39, 0.29) is 17.9 Å². The molecule has 0 bridgehead atoms. The van der Waals surface area contributed by atoms with Crippen LogP contribution >= 0.6 is 0 Å². The number of carbonyl (C=O) groups is 1. The fourth-order valence-corrected chi connectivity index (χ4v) is 2.81. The normalized spacial score (nSPS) is 10.9. The molecule has 8 heteroatoms. The smallest absolute Gasteiger partial charge is 0.329 e. The van der Waals surface area contributed by atoms with E-state index in [1.165, 1.54) is 4.57 Å². The number of benzene rings is 1. The standard InChI is InChI=1S/C18H24N4O4/c1-4-9-22-16(19)15(17(24)20-18(22)25)13(23)11-21(2)10-12-7-5-6-8-14(12)26-3/h5-8H,4,9-11,19H2,1-3H3,(H,20,24,25). The molecule has 140 valence electrons. The van der Waals surface area contributed by atoms with Crippen molar-refractivity contribution in [2.24, 2.45) is 0 Å². The van der Waals surface area contributed by atoms with Crippen molar-refractivity contribution >= 4 is 11.6 Å². The van der Waals surface area contributed by atoms with Crippen LogP contribution < -0.4 is 21.7 Å². The molecular weight excluding hydrogens is 336 g/mol. The third kappa shape index (κ3) is 4.20. The Morgan fingerprint density at radius 3 is 2.65 bits per heavy atom. The number of nitrogen functional groups attached to an aromatic ring is 1. The Bertz CT molecular complexity index is 901. The number of nitrogens with one attached hydrogen (secondary N) is 1. The fourth-order valence-electron chi connectivity index (χ4n) is 2.81. The second-order valence-electron chi connectivity index (χ2n) is 6.08. The lowest BCUT2D eigenvalue weighted by Crippen LogP contribution is -2.38. The van der Waals surface area contributed by atoms with E-state index in [1.54, 1.807) is 19.1 Å². The zero-order valence-corrected chi connectivity index (χ0v) is 15.2. The Balaban J connectivity index is 2.23. The molecule has 1 aromatic carbocycles. The summed E-state index contributed by atoms with van der Waals surface area (Å²) in [5.41, 5.74) is 5.32. The predicted octanol–water partition coefficient (Wildman–Crippen LogP) is 0.852. The number of H-pyrrole nitrogens is 1. The summed E-state index contributed by atoms with van der Waals surface area (Å²) in [7, 11) is 3.35. The number of Topliss-reactive ketones (excluding diaryl/α,β-unsaturated/α-hetero) is 1. The van der Waals surface area contributed by atoms with Crippen LogP contribution in [0.2, 0.25) is 0 Å². The van der Waals surface area contributed by atoms with Crippen LogP contribution in [0.3, 0.4) is 0 Å². The van der Waals surface area contributed by atoms with Gasteiger partial charge >= 0.3 is 5.69 Å². The number of carbonyl (C=O) groups excluding carboxylic acids is 1. The Morgan fingerprint density at radius 1 is 1.31 bits per heavy atom. The zero-order valence-electron chi connectivity index (χ0n) is 15.2. The van der Waals surface area contributed by atoms with Gasteiger partial charge in [-0.05, 0) is 19.5 Å². The first kappa shape index (κ1) is 19.5. The minimum atomic E-state index is -0.754. The molecule has 0 aliphatic heterocycles. The number of anilines is 1. The van der Waals surface area contributed by atoms with Gasteiger partial charge in [0, 0.05) is 18.7 Å². The number of nitrogens with two attached hydrogens (primary N) is 1. The topological polar surface area (TPSA) is 110 Å². The van der Waals surface area contributed by atoms with E-state index in [0.29, 0.717) is 19.5 Å². The average molecular weight is 360 g/mol. The zero-order chi connectivity index (χ0) is 19.3. The molecule has 8 nitrogen and oxygen atoms in total. The van der Waals surface area contributed by atoms with Gasteiger partial charge in [-0.25, -0.2) is 4.79 Å². The highest BCUT2D eigenvalue weighted by Crippen LogP contribution is 2.19. The molecule has 0 saturated carbocycles. The fraction of sp³-hybridized carbons (Fsp3) is 0.389. The van der Waals surface area contributed by atoms with E-state index < -0.39 is 17.0 Å². The van der Waals surface area contributed by atoms with Gasteiger partial charge in [0.2, 0.25) is 0 Å². The van der Waals surface area contributed by atoms with Crippen LogP contribution in [0.5, 0.6) is 5.75 Å². The Kier molecular flexibility index (Phi) is 6.35. The minimum Gasteiger partial charge on any atom is -0.496 e. The van der Waals surface area contributed by atoms with Gasteiger partial charge in [-0.2, -0.15) is 0 Å². The molecule has 0 fully saturated rings. The monoisotopic (exact) mass is 360 g/mol. The number of likely N-dealkylation sites (N-methyl/N-ethyl adjacent to an activating group) is 1. The number of ketones is 1. The maximum Gasteiger partial charge on any atom is 0.329 e. The highest BCUT2D eigenvalue weighted by Gasteiger charge is 2.20. The number of hydrogen-bond acceptors (Lipinski definition) is 6. The van der Waals surface area contributed by atoms with E-state index >= 15 is 0 Å². The van der Waals surface area contributed by atoms with Crippen molar-refractivity contribution in [3.05, 3.63) is 56.2 Å². The van der Waals surface area contributed by atoms with Crippen molar-refractivity contribution in [2.75, 3.05) is 26.4 Å². The summed E-state index contributed by atoms with van der Waals surface area (Å²) in [6.07, 6.45) is 0.650. The van der Waals surface area contributed by atoms with Crippen LogP contribution in [0, 0.1) is 0 Å². The number of nitrogens with zero attached hydrogens (tertiary/aromatic N) is 2. The minimum absolute atomic E-state index is 0.0182. The third-order valence-electron chi connectivity index (χ3n) is 4.01. The van der Waals surface area contributed by atoms with Crippen LogP contribution in [-0.4, -0.2) is 40.9 Å². The SMILES string of the molecule is CCCn1c(N)c(C(=O)CN(C)Cc2ccccc2OC)c(=O)[nH]c1=O. The van der Waals surface area contributed by atoms with E-state index in [0.717, 1.165) is 11.3 Å². The van der Waals surface area contributed by atoms with Gasteiger partial charge in [0.05, 0.1) is 13.7 Å². The molecule has 0 saturated heterocycles. The highest BCUT2D eigenvalue weighted by molar-refractivity contribution is 6.01. The molecule has 0 atom stereocenters. The average Bonchev–Trinajstić information content (AvgIpc) is 2.58. The summed E-state index contributed by atoms with van der Waals surface area (Å²) >= 11 is 0. The predicted molar refractivity (Wildman–Crippen MR) is 99.7 cm³/mol. The number of aromatic amines is 1. The van der Waals surface area contributed by atoms with Crippen LogP contribution in [0.4, 0.5) is 5.82 Å². The molecular formula is C18H24N4O4. The van der Waals surface area contributed by atoms with Crippen molar-refractivity contribution in [1.82, 2.24) is 14.5 Å². The lowest BCUT2D eigenvalue weighted by atomic mass is 10.1. The van der Waals surface area contributed by atoms with Gasteiger partial charge in [0.15, 0.2) is 5.78 Å². The first-order valence-corrected chi connectivity index (χ1v) is 8.35. The molecule has 0 aliphatic carbocycles. The van der Waals surface area contributed by atoms with Gasteiger partial charge < -0.3 is 10.5 Å². The summed E-state index contributed by atoms with van der Waals surface area (Å²) in [5, 5.41) is 0. The van der Waals surface area contributed by atoms with Crippen LogP contribution in [-0.2, 0) is 13.1 Å². The van der Waals surface area contributed by atoms with Crippen LogP contribution in [0.15, 0.2) is 33.9 Å². The van der Waals surface area contributed by atoms with Crippen molar-refractivity contribution in [3.63, 3.8) is 0 Å². The van der Waals surface area contributed by atoms with Gasteiger partial charge in [-0.1, -0.05) is 25.1 Å². The van der Waals surface area contributed by atoms with Gasteiger partial charge in [0.25, 0.3) is 5.56 Å². The van der Waals surface area contributed by atoms with Gasteiger partial charge in [-0.3, -0.25) is 24.0 Å². The number of rotatable bonds is 8. The number of ether oxygens (including phenoxy) is 1. The second-order valence-corrected chi connectivity index (χ2v) is 6.08. The largest absolute Gasteiger partial charge is 0.496 e. The number of methoxy groups -OCH3 is 1. The molecule has 0 aliphatic rings. The lowest BCUT2D eigenvalue weighted by molar-refractivity contribution is 0.0941. The Morgan fingerprint density at radius 2 is 2.00 bits per heavy atom. The molecule has 0 unspecified atom stereocenters. The van der Waals surface area contributed by atoms with Crippen molar-refractivity contribution in [2.45, 2.75) is 26.4 Å². The molecule has 0 amide bonds. The summed E-state index contributed by atoms with van der Waals surface area (Å²) in [5.74, 6) is 0.197. The summed E-state index contributed by atoms with van der Waals surface area (Å²) in [6.45, 7) is 2.65. The van der Waals surface area contributed by atoms with Gasteiger partial charge in [-0.15, -0.1) is 0 Å². The first-order valence-electron chi connectivity index (χ1n) is 8.35.